The van der Waals surface area contributed by atoms with Crippen LogP contribution in [0.1, 0.15) is 27.0 Å². The van der Waals surface area contributed by atoms with E-state index >= 15 is 0 Å². The van der Waals surface area contributed by atoms with E-state index in [9.17, 15) is 17.1 Å². The third kappa shape index (κ3) is 1.80. The molecule has 0 aliphatic carbocycles. The molecule has 6 heteroatoms. The van der Waals surface area contributed by atoms with Gasteiger partial charge in [0, 0.05) is 11.3 Å². The molecule has 88 valence electrons. The van der Waals surface area contributed by atoms with Gasteiger partial charge in [-0.2, -0.15) is 8.42 Å². The number of nitrogens with two attached hydrogens (primary N) is 1. The van der Waals surface area contributed by atoms with Crippen molar-refractivity contribution in [3.05, 3.63) is 22.3 Å². The number of aldehydes is 1. The molecule has 1 rings (SSSR count). The molecule has 2 N–H and O–H groups in total. The lowest BCUT2D eigenvalue weighted by molar-refractivity contribution is 0.112. The van der Waals surface area contributed by atoms with E-state index in [1.807, 2.05) is 0 Å². The van der Waals surface area contributed by atoms with Crippen LogP contribution in [0.5, 0.6) is 0 Å². The van der Waals surface area contributed by atoms with E-state index in [1.54, 1.807) is 6.92 Å². The van der Waals surface area contributed by atoms with Gasteiger partial charge in [-0.05, 0) is 37.5 Å². The second kappa shape index (κ2) is 3.86. The van der Waals surface area contributed by atoms with E-state index in [2.05, 4.69) is 0 Å². The Morgan fingerprint density at radius 3 is 2.00 bits per heavy atom. The zero-order valence-corrected chi connectivity index (χ0v) is 9.98. The first-order chi connectivity index (χ1) is 7.21. The maximum absolute atomic E-state index is 13.1. The van der Waals surface area contributed by atoms with Gasteiger partial charge in [0.2, 0.25) is 0 Å². The molecule has 0 saturated heterocycles. The molecule has 0 aliphatic heterocycles. The number of hydrogen-bond donors (Lipinski definition) is 1. The van der Waals surface area contributed by atoms with E-state index in [1.165, 1.54) is 13.8 Å². The van der Waals surface area contributed by atoms with Crippen LogP contribution in [0.25, 0.3) is 0 Å². The number of nitrogen functional groups attached to an aromatic ring is 1. The third-order valence-electron chi connectivity index (χ3n) is 2.66. The minimum Gasteiger partial charge on any atom is -0.398 e. The Morgan fingerprint density at radius 1 is 1.12 bits per heavy atom. The Labute approximate surface area is 93.5 Å². The van der Waals surface area contributed by atoms with E-state index in [-0.39, 0.29) is 22.4 Å². The molecule has 1 aromatic rings. The lowest BCUT2D eigenvalue weighted by atomic mass is 9.98. The van der Waals surface area contributed by atoms with Crippen LogP contribution in [0, 0.1) is 20.8 Å². The van der Waals surface area contributed by atoms with Crippen LogP contribution in [0.4, 0.5) is 9.57 Å². The predicted molar refractivity (Wildman–Crippen MR) is 58.7 cm³/mol. The molecule has 16 heavy (non-hydrogen) atoms. The molecule has 0 spiro atoms. The number of carbonyl (C=O) groups is 1. The van der Waals surface area contributed by atoms with Gasteiger partial charge < -0.3 is 5.73 Å². The van der Waals surface area contributed by atoms with Gasteiger partial charge in [0.15, 0.2) is 6.29 Å². The SMILES string of the molecule is Cc1c(N)c(C)c(S(=O)(=O)F)c(C)c1C=O. The summed E-state index contributed by atoms with van der Waals surface area (Å²) in [5, 5.41) is 0. The molecule has 4 nitrogen and oxygen atoms in total. The molecule has 1 aromatic carbocycles. The number of rotatable bonds is 2. The van der Waals surface area contributed by atoms with Crippen LogP contribution < -0.4 is 5.73 Å². The molecule has 0 aliphatic rings. The average Bonchev–Trinajstić information content (AvgIpc) is 2.13. The fourth-order valence-corrected chi connectivity index (χ4v) is 2.73. The number of anilines is 1. The number of carbonyl (C=O) groups excluding carboxylic acids is 1. The topological polar surface area (TPSA) is 77.2 Å². The van der Waals surface area contributed by atoms with Gasteiger partial charge >= 0.3 is 10.2 Å². The first kappa shape index (κ1) is 12.6. The van der Waals surface area contributed by atoms with Gasteiger partial charge in [0.25, 0.3) is 0 Å². The number of halogens is 1. The largest absolute Gasteiger partial charge is 0.398 e. The van der Waals surface area contributed by atoms with Crippen molar-refractivity contribution >= 4 is 22.2 Å². The zero-order chi connectivity index (χ0) is 12.7. The highest BCUT2D eigenvalue weighted by atomic mass is 32.3. The molecule has 0 radical (unpaired) electrons. The summed E-state index contributed by atoms with van der Waals surface area (Å²) in [6.07, 6.45) is 0.481. The van der Waals surface area contributed by atoms with Crippen LogP contribution in [-0.4, -0.2) is 14.7 Å². The van der Waals surface area contributed by atoms with E-state index in [0.29, 0.717) is 11.8 Å². The van der Waals surface area contributed by atoms with Crippen LogP contribution in [-0.2, 0) is 10.2 Å². The van der Waals surface area contributed by atoms with Crippen molar-refractivity contribution in [3.8, 4) is 0 Å². The fourth-order valence-electron chi connectivity index (χ4n) is 1.78. The Hall–Kier alpha value is -1.43. The van der Waals surface area contributed by atoms with Gasteiger partial charge in [-0.1, -0.05) is 0 Å². The first-order valence-electron chi connectivity index (χ1n) is 4.50. The quantitative estimate of drug-likeness (QED) is 0.488. The smallest absolute Gasteiger partial charge is 0.332 e. The molecule has 0 aromatic heterocycles. The van der Waals surface area contributed by atoms with Gasteiger partial charge in [0.05, 0.1) is 0 Å². The second-order valence-corrected chi connectivity index (χ2v) is 4.87. The normalized spacial score (nSPS) is 11.5. The molecule has 0 saturated carbocycles. The van der Waals surface area contributed by atoms with Crippen LogP contribution >= 0.6 is 0 Å². The maximum atomic E-state index is 13.1. The van der Waals surface area contributed by atoms with Crippen molar-refractivity contribution in [3.63, 3.8) is 0 Å². The molecule has 0 unspecified atom stereocenters. The molecule has 0 atom stereocenters. The minimum absolute atomic E-state index is 0.0988. The van der Waals surface area contributed by atoms with Crippen molar-refractivity contribution in [1.29, 1.82) is 0 Å². The van der Waals surface area contributed by atoms with Crippen molar-refractivity contribution in [2.24, 2.45) is 0 Å². The standard InChI is InChI=1S/C10H12FNO3S/c1-5-8(4-13)6(2)10(16(11,14)15)7(3)9(5)12/h4H,12H2,1-3H3. The summed E-state index contributed by atoms with van der Waals surface area (Å²) < 4.78 is 35.0. The molecule has 0 fully saturated rings. The molecular weight excluding hydrogens is 233 g/mol. The lowest BCUT2D eigenvalue weighted by Gasteiger charge is -2.14. The van der Waals surface area contributed by atoms with E-state index < -0.39 is 15.1 Å². The third-order valence-corrected chi connectivity index (χ3v) is 3.76. The van der Waals surface area contributed by atoms with Gasteiger partial charge in [-0.15, -0.1) is 3.89 Å². The molecule has 0 heterocycles. The highest BCUT2D eigenvalue weighted by Crippen LogP contribution is 2.32. The molecular formula is C10H12FNO3S. The van der Waals surface area contributed by atoms with Gasteiger partial charge in [-0.25, -0.2) is 0 Å². The maximum Gasteiger partial charge on any atom is 0.332 e. The highest BCUT2D eigenvalue weighted by Gasteiger charge is 2.24. The number of benzene rings is 1. The highest BCUT2D eigenvalue weighted by molar-refractivity contribution is 7.86. The van der Waals surface area contributed by atoms with Gasteiger partial charge in [0.1, 0.15) is 4.90 Å². The van der Waals surface area contributed by atoms with E-state index in [0.717, 1.165) is 0 Å². The van der Waals surface area contributed by atoms with Crippen LogP contribution in [0.2, 0.25) is 0 Å². The number of hydrogen-bond acceptors (Lipinski definition) is 4. The molecule has 0 bridgehead atoms. The van der Waals surface area contributed by atoms with Crippen molar-refractivity contribution in [2.75, 3.05) is 5.73 Å². The summed E-state index contributed by atoms with van der Waals surface area (Å²) in [6, 6.07) is 0. The van der Waals surface area contributed by atoms with Crippen molar-refractivity contribution in [2.45, 2.75) is 25.7 Å². The molecule has 0 amide bonds. The Bertz CT molecular complexity index is 564. The zero-order valence-electron chi connectivity index (χ0n) is 9.17. The summed E-state index contributed by atoms with van der Waals surface area (Å²) >= 11 is 0. The Balaban J connectivity index is 3.91. The summed E-state index contributed by atoms with van der Waals surface area (Å²) in [6.45, 7) is 4.39. The van der Waals surface area contributed by atoms with Crippen LogP contribution in [0.15, 0.2) is 4.90 Å². The Morgan fingerprint density at radius 2 is 1.62 bits per heavy atom. The summed E-state index contributed by atoms with van der Waals surface area (Å²) in [7, 11) is -4.87. The summed E-state index contributed by atoms with van der Waals surface area (Å²) in [5.41, 5.74) is 6.60. The average molecular weight is 245 g/mol. The first-order valence-corrected chi connectivity index (χ1v) is 5.89. The monoisotopic (exact) mass is 245 g/mol. The minimum atomic E-state index is -4.87. The predicted octanol–water partition coefficient (Wildman–Crippen LogP) is 1.66. The van der Waals surface area contributed by atoms with Crippen molar-refractivity contribution in [1.82, 2.24) is 0 Å². The van der Waals surface area contributed by atoms with Gasteiger partial charge in [-0.3, -0.25) is 4.79 Å². The lowest BCUT2D eigenvalue weighted by Crippen LogP contribution is -2.08. The summed E-state index contributed by atoms with van der Waals surface area (Å²) in [5.74, 6) is 0. The van der Waals surface area contributed by atoms with E-state index in [4.69, 9.17) is 5.73 Å². The summed E-state index contributed by atoms with van der Waals surface area (Å²) in [4.78, 5) is 10.3. The van der Waals surface area contributed by atoms with Crippen LogP contribution in [0.3, 0.4) is 0 Å². The fraction of sp³-hybridized carbons (Fsp3) is 0.300. The Kier molecular flexibility index (Phi) is 3.05. The van der Waals surface area contributed by atoms with Crippen molar-refractivity contribution < 1.29 is 17.1 Å². The second-order valence-electron chi connectivity index (χ2n) is 3.59.